The molecule has 0 amide bonds. The van der Waals surface area contributed by atoms with Crippen molar-refractivity contribution in [3.8, 4) is 0 Å². The molecule has 0 aliphatic rings. The standard InChI is InChI=1S/C3H9PS/c1-3-5-4-2/h4H,3H2,1-2H3. The lowest BCUT2D eigenvalue weighted by molar-refractivity contribution is 1.54. The van der Waals surface area contributed by atoms with E-state index in [4.69, 9.17) is 0 Å². The van der Waals surface area contributed by atoms with Gasteiger partial charge in [-0.15, -0.1) is 11.4 Å². The highest BCUT2D eigenvalue weighted by Gasteiger charge is 1.66. The maximum Gasteiger partial charge on any atom is -0.00569 e. The van der Waals surface area contributed by atoms with Crippen molar-refractivity contribution in [1.82, 2.24) is 0 Å². The van der Waals surface area contributed by atoms with E-state index in [0.29, 0.717) is 0 Å². The topological polar surface area (TPSA) is 0 Å². The summed E-state index contributed by atoms with van der Waals surface area (Å²) in [7, 11) is 1.07. The Bertz CT molecular complexity index is 14.4. The molecule has 0 saturated carbocycles. The van der Waals surface area contributed by atoms with Gasteiger partial charge in [-0.05, 0) is 12.4 Å². The molecule has 0 fully saturated rings. The van der Waals surface area contributed by atoms with E-state index in [1.165, 1.54) is 5.75 Å². The average Bonchev–Trinajstić information content (AvgIpc) is 1.41. The summed E-state index contributed by atoms with van der Waals surface area (Å²) in [6.07, 6.45) is 0. The molecule has 1 atom stereocenters. The Hall–Kier alpha value is 0.780. The van der Waals surface area contributed by atoms with Crippen LogP contribution < -0.4 is 0 Å². The SMILES string of the molecule is CCSPC. The van der Waals surface area contributed by atoms with Crippen LogP contribution in [0.5, 0.6) is 0 Å². The lowest BCUT2D eigenvalue weighted by Crippen LogP contribution is -1.49. The molecule has 1 unspecified atom stereocenters. The molecule has 0 aromatic rings. The van der Waals surface area contributed by atoms with Crippen molar-refractivity contribution >= 4 is 19.2 Å². The van der Waals surface area contributed by atoms with Gasteiger partial charge in [0.1, 0.15) is 0 Å². The zero-order valence-corrected chi connectivity index (χ0v) is 5.43. The van der Waals surface area contributed by atoms with E-state index >= 15 is 0 Å². The molecule has 0 aliphatic carbocycles. The third-order valence-corrected chi connectivity index (χ3v) is 2.60. The molecule has 0 nitrogen and oxygen atoms in total. The van der Waals surface area contributed by atoms with Crippen molar-refractivity contribution in [3.05, 3.63) is 0 Å². The molecule has 5 heavy (non-hydrogen) atoms. The van der Waals surface area contributed by atoms with Crippen molar-refractivity contribution in [1.29, 1.82) is 0 Å². The van der Waals surface area contributed by atoms with Crippen LogP contribution in [0.2, 0.25) is 0 Å². The van der Waals surface area contributed by atoms with Gasteiger partial charge in [-0.3, -0.25) is 0 Å². The fourth-order valence-electron chi connectivity index (χ4n) is 0.144. The minimum Gasteiger partial charge on any atom is -0.138 e. The van der Waals surface area contributed by atoms with Crippen molar-refractivity contribution in [2.24, 2.45) is 0 Å². The first-order chi connectivity index (χ1) is 2.41. The summed E-state index contributed by atoms with van der Waals surface area (Å²) in [6, 6.07) is 0. The molecule has 0 aliphatic heterocycles. The first-order valence-electron chi connectivity index (χ1n) is 1.70. The zero-order chi connectivity index (χ0) is 4.12. The molecule has 0 spiro atoms. The van der Waals surface area contributed by atoms with Crippen LogP contribution in [0.1, 0.15) is 6.92 Å². The Balaban J connectivity index is 2.19. The lowest BCUT2D eigenvalue weighted by atomic mass is 11.0. The maximum atomic E-state index is 2.20. The Morgan fingerprint density at radius 2 is 2.40 bits per heavy atom. The molecule has 0 aromatic carbocycles. The molecule has 0 rings (SSSR count). The zero-order valence-electron chi connectivity index (χ0n) is 3.62. The molecule has 0 bridgehead atoms. The van der Waals surface area contributed by atoms with Crippen molar-refractivity contribution in [2.45, 2.75) is 6.92 Å². The van der Waals surface area contributed by atoms with E-state index in [9.17, 15) is 0 Å². The van der Waals surface area contributed by atoms with E-state index in [0.717, 1.165) is 7.78 Å². The van der Waals surface area contributed by atoms with Gasteiger partial charge in [-0.25, -0.2) is 0 Å². The van der Waals surface area contributed by atoms with Gasteiger partial charge in [0.2, 0.25) is 0 Å². The van der Waals surface area contributed by atoms with Crippen molar-refractivity contribution in [3.63, 3.8) is 0 Å². The van der Waals surface area contributed by atoms with Crippen LogP contribution in [0, 0.1) is 0 Å². The Labute approximate surface area is 39.3 Å². The minimum absolute atomic E-state index is 1.07. The lowest BCUT2D eigenvalue weighted by Gasteiger charge is -1.80. The monoisotopic (exact) mass is 108 g/mol. The van der Waals surface area contributed by atoms with Crippen LogP contribution >= 0.6 is 19.2 Å². The Morgan fingerprint density at radius 1 is 1.80 bits per heavy atom. The van der Waals surface area contributed by atoms with Gasteiger partial charge in [0.15, 0.2) is 0 Å². The smallest absolute Gasteiger partial charge is 0.00569 e. The highest BCUT2D eigenvalue weighted by Crippen LogP contribution is 2.22. The Morgan fingerprint density at radius 3 is 2.40 bits per heavy atom. The molecule has 0 radical (unpaired) electrons. The molecular formula is C3H9PS. The predicted octanol–water partition coefficient (Wildman–Crippen LogP) is 1.96. The highest BCUT2D eigenvalue weighted by atomic mass is 32.7. The van der Waals surface area contributed by atoms with Gasteiger partial charge in [-0.1, -0.05) is 14.7 Å². The fraction of sp³-hybridized carbons (Fsp3) is 1.00. The summed E-state index contributed by atoms with van der Waals surface area (Å²) < 4.78 is 0. The first kappa shape index (κ1) is 5.78. The van der Waals surface area contributed by atoms with Gasteiger partial charge in [0.25, 0.3) is 0 Å². The highest BCUT2D eigenvalue weighted by molar-refractivity contribution is 8.49. The summed E-state index contributed by atoms with van der Waals surface area (Å²) in [5.74, 6) is 1.27. The quantitative estimate of drug-likeness (QED) is 0.487. The van der Waals surface area contributed by atoms with E-state index in [1.807, 2.05) is 11.4 Å². The second-order valence-corrected chi connectivity index (χ2v) is 4.00. The van der Waals surface area contributed by atoms with Gasteiger partial charge in [-0.2, -0.15) is 0 Å². The second-order valence-electron chi connectivity index (χ2n) is 0.637. The van der Waals surface area contributed by atoms with Crippen LogP contribution in [0.25, 0.3) is 0 Å². The van der Waals surface area contributed by atoms with Crippen LogP contribution in [0.3, 0.4) is 0 Å². The number of hydrogen-bond acceptors (Lipinski definition) is 1. The van der Waals surface area contributed by atoms with E-state index in [1.54, 1.807) is 0 Å². The molecule has 0 saturated heterocycles. The minimum atomic E-state index is 1.07. The molecule has 32 valence electrons. The predicted molar refractivity (Wildman–Crippen MR) is 32.4 cm³/mol. The summed E-state index contributed by atoms with van der Waals surface area (Å²) in [5.41, 5.74) is 0. The average molecular weight is 108 g/mol. The molecule has 0 heterocycles. The van der Waals surface area contributed by atoms with Gasteiger partial charge >= 0.3 is 0 Å². The second kappa shape index (κ2) is 4.78. The normalized spacial score (nSPS) is 10.8. The summed E-state index contributed by atoms with van der Waals surface area (Å²) >= 11 is 1.99. The van der Waals surface area contributed by atoms with Crippen molar-refractivity contribution < 1.29 is 0 Å². The number of rotatable bonds is 2. The molecule has 2 heteroatoms. The molecule has 0 aromatic heterocycles. The summed E-state index contributed by atoms with van der Waals surface area (Å²) in [6.45, 7) is 4.38. The van der Waals surface area contributed by atoms with Crippen LogP contribution in [-0.4, -0.2) is 12.4 Å². The summed E-state index contributed by atoms with van der Waals surface area (Å²) in [5, 5.41) is 0. The van der Waals surface area contributed by atoms with Crippen molar-refractivity contribution in [2.75, 3.05) is 12.4 Å². The first-order valence-corrected chi connectivity index (χ1v) is 4.91. The largest absolute Gasteiger partial charge is 0.138 e. The van der Waals surface area contributed by atoms with E-state index in [2.05, 4.69) is 13.6 Å². The molecular weight excluding hydrogens is 99.1 g/mol. The number of hydrogen-bond donors (Lipinski definition) is 0. The van der Waals surface area contributed by atoms with Crippen LogP contribution in [0.4, 0.5) is 0 Å². The third kappa shape index (κ3) is 4.78. The van der Waals surface area contributed by atoms with Crippen LogP contribution in [0.15, 0.2) is 0 Å². The van der Waals surface area contributed by atoms with E-state index < -0.39 is 0 Å². The molecule has 0 N–H and O–H groups in total. The fourth-order valence-corrected chi connectivity index (χ4v) is 1.30. The maximum absolute atomic E-state index is 2.20. The van der Waals surface area contributed by atoms with Gasteiger partial charge in [0.05, 0.1) is 0 Å². The Kier molecular flexibility index (Phi) is 5.53. The van der Waals surface area contributed by atoms with Gasteiger partial charge < -0.3 is 0 Å². The van der Waals surface area contributed by atoms with Crippen LogP contribution in [-0.2, 0) is 0 Å². The van der Waals surface area contributed by atoms with Gasteiger partial charge in [0, 0.05) is 0 Å². The van der Waals surface area contributed by atoms with E-state index in [-0.39, 0.29) is 0 Å². The third-order valence-electron chi connectivity index (χ3n) is 0.289. The summed E-state index contributed by atoms with van der Waals surface area (Å²) in [4.78, 5) is 0.